The van der Waals surface area contributed by atoms with Gasteiger partial charge in [0.2, 0.25) is 0 Å². The van der Waals surface area contributed by atoms with Crippen molar-refractivity contribution >= 4 is 0 Å². The molecule has 2 N–H and O–H groups in total. The highest BCUT2D eigenvalue weighted by Gasteiger charge is 2.29. The van der Waals surface area contributed by atoms with Crippen molar-refractivity contribution in [2.75, 3.05) is 13.1 Å². The summed E-state index contributed by atoms with van der Waals surface area (Å²) in [4.78, 5) is 2.31. The van der Waals surface area contributed by atoms with Gasteiger partial charge in [-0.15, -0.1) is 6.42 Å². The lowest BCUT2D eigenvalue weighted by molar-refractivity contribution is 0.276. The summed E-state index contributed by atoms with van der Waals surface area (Å²) in [7, 11) is 0. The summed E-state index contributed by atoms with van der Waals surface area (Å²) in [6.07, 6.45) is 6.45. The Morgan fingerprint density at radius 1 is 1.67 bits per heavy atom. The largest absolute Gasteiger partial charge is 0.326 e. The van der Waals surface area contributed by atoms with Gasteiger partial charge in [0, 0.05) is 19.1 Å². The average Bonchev–Trinajstić information content (AvgIpc) is 2.35. The molecular formula is C10H18N2. The van der Waals surface area contributed by atoms with E-state index >= 15 is 0 Å². The number of likely N-dealkylation sites (tertiary alicyclic amines) is 1. The molecule has 0 amide bonds. The van der Waals surface area contributed by atoms with Gasteiger partial charge in [-0.2, -0.15) is 0 Å². The van der Waals surface area contributed by atoms with Crippen molar-refractivity contribution in [2.45, 2.75) is 32.4 Å². The van der Waals surface area contributed by atoms with Crippen LogP contribution in [0.4, 0.5) is 0 Å². The lowest BCUT2D eigenvalue weighted by Gasteiger charge is -2.21. The fourth-order valence-corrected chi connectivity index (χ4v) is 1.77. The molecule has 1 aliphatic heterocycles. The van der Waals surface area contributed by atoms with Gasteiger partial charge in [0.05, 0.1) is 6.04 Å². The molecule has 0 aromatic heterocycles. The Labute approximate surface area is 75.1 Å². The normalized spacial score (nSPS) is 33.2. The molecule has 0 saturated carbocycles. The summed E-state index contributed by atoms with van der Waals surface area (Å²) in [6.45, 7) is 6.33. The van der Waals surface area contributed by atoms with Crippen LogP contribution in [0.2, 0.25) is 0 Å². The highest BCUT2D eigenvalue weighted by Crippen LogP contribution is 2.17. The second-order valence-corrected chi connectivity index (χ2v) is 3.69. The first kappa shape index (κ1) is 9.57. The smallest absolute Gasteiger partial charge is 0.0709 e. The van der Waals surface area contributed by atoms with Crippen molar-refractivity contribution < 1.29 is 0 Å². The van der Waals surface area contributed by atoms with Crippen LogP contribution >= 0.6 is 0 Å². The first-order valence-corrected chi connectivity index (χ1v) is 4.64. The van der Waals surface area contributed by atoms with Gasteiger partial charge < -0.3 is 5.73 Å². The van der Waals surface area contributed by atoms with Crippen LogP contribution in [0.15, 0.2) is 0 Å². The molecule has 0 spiro atoms. The minimum absolute atomic E-state index is 0.293. The standard InChI is InChI=1S/C10H18N2/c1-4-9(5-2)12-6-8(3)10(11)7-12/h1,8-10H,5-7,11H2,2-3H3. The molecule has 3 unspecified atom stereocenters. The van der Waals surface area contributed by atoms with Gasteiger partial charge >= 0.3 is 0 Å². The fraction of sp³-hybridized carbons (Fsp3) is 0.800. The molecule has 0 aromatic rings. The number of terminal acetylenes is 1. The molecule has 2 nitrogen and oxygen atoms in total. The van der Waals surface area contributed by atoms with Gasteiger partial charge in [0.1, 0.15) is 0 Å². The Morgan fingerprint density at radius 3 is 2.67 bits per heavy atom. The van der Waals surface area contributed by atoms with E-state index in [1.165, 1.54) is 0 Å². The third-order valence-electron chi connectivity index (χ3n) is 2.72. The fourth-order valence-electron chi connectivity index (χ4n) is 1.77. The first-order valence-electron chi connectivity index (χ1n) is 4.64. The van der Waals surface area contributed by atoms with E-state index < -0.39 is 0 Å². The third-order valence-corrected chi connectivity index (χ3v) is 2.72. The van der Waals surface area contributed by atoms with E-state index in [1.54, 1.807) is 0 Å². The van der Waals surface area contributed by atoms with E-state index in [-0.39, 0.29) is 0 Å². The highest BCUT2D eigenvalue weighted by atomic mass is 15.2. The van der Waals surface area contributed by atoms with Crippen molar-refractivity contribution in [2.24, 2.45) is 11.7 Å². The van der Waals surface area contributed by atoms with Gasteiger partial charge in [0.25, 0.3) is 0 Å². The summed E-state index contributed by atoms with van der Waals surface area (Å²) in [5.74, 6) is 3.40. The van der Waals surface area contributed by atoms with E-state index in [0.29, 0.717) is 18.0 Å². The Morgan fingerprint density at radius 2 is 2.33 bits per heavy atom. The van der Waals surface area contributed by atoms with E-state index in [2.05, 4.69) is 24.7 Å². The number of rotatable bonds is 2. The van der Waals surface area contributed by atoms with Crippen LogP contribution in [-0.2, 0) is 0 Å². The molecule has 1 fully saturated rings. The quantitative estimate of drug-likeness (QED) is 0.611. The second kappa shape index (κ2) is 3.93. The van der Waals surface area contributed by atoms with Crippen LogP contribution in [-0.4, -0.2) is 30.1 Å². The molecule has 0 aliphatic carbocycles. The van der Waals surface area contributed by atoms with Crippen LogP contribution in [0.3, 0.4) is 0 Å². The summed E-state index contributed by atoms with van der Waals surface area (Å²) < 4.78 is 0. The molecule has 3 atom stereocenters. The lowest BCUT2D eigenvalue weighted by Crippen LogP contribution is -2.34. The van der Waals surface area contributed by atoms with Crippen LogP contribution in [0, 0.1) is 18.3 Å². The van der Waals surface area contributed by atoms with Gasteiger partial charge in [0.15, 0.2) is 0 Å². The topological polar surface area (TPSA) is 29.3 Å². The van der Waals surface area contributed by atoms with Crippen LogP contribution < -0.4 is 5.73 Å². The maximum absolute atomic E-state index is 5.91. The van der Waals surface area contributed by atoms with E-state index in [9.17, 15) is 0 Å². The summed E-state index contributed by atoms with van der Waals surface area (Å²) in [5, 5.41) is 0. The minimum atomic E-state index is 0.293. The number of nitrogens with two attached hydrogens (primary N) is 1. The van der Waals surface area contributed by atoms with Gasteiger partial charge in [-0.1, -0.05) is 19.8 Å². The van der Waals surface area contributed by atoms with Gasteiger partial charge in [-0.3, -0.25) is 4.90 Å². The Bertz CT molecular complexity index is 173. The zero-order valence-corrected chi connectivity index (χ0v) is 7.96. The van der Waals surface area contributed by atoms with E-state index in [1.807, 2.05) is 0 Å². The molecule has 1 saturated heterocycles. The highest BCUT2D eigenvalue weighted by molar-refractivity contribution is 5.02. The molecule has 1 rings (SSSR count). The van der Waals surface area contributed by atoms with Crippen molar-refractivity contribution in [1.82, 2.24) is 4.90 Å². The molecule has 0 bridgehead atoms. The maximum atomic E-state index is 5.91. The molecule has 1 heterocycles. The van der Waals surface area contributed by atoms with E-state index in [0.717, 1.165) is 19.5 Å². The monoisotopic (exact) mass is 166 g/mol. The predicted octanol–water partition coefficient (Wildman–Crippen LogP) is 0.677. The van der Waals surface area contributed by atoms with E-state index in [4.69, 9.17) is 12.2 Å². The summed E-state index contributed by atoms with van der Waals surface area (Å²) in [6, 6.07) is 0.605. The zero-order valence-electron chi connectivity index (χ0n) is 7.96. The van der Waals surface area contributed by atoms with Gasteiger partial charge in [-0.25, -0.2) is 0 Å². The number of hydrogen-bond acceptors (Lipinski definition) is 2. The molecule has 68 valence electrons. The summed E-state index contributed by atoms with van der Waals surface area (Å²) >= 11 is 0. The first-order chi connectivity index (χ1) is 5.69. The van der Waals surface area contributed by atoms with Crippen molar-refractivity contribution in [3.63, 3.8) is 0 Å². The average molecular weight is 166 g/mol. The molecule has 1 aliphatic rings. The lowest BCUT2D eigenvalue weighted by atomic mass is 10.1. The molecular weight excluding hydrogens is 148 g/mol. The number of nitrogens with zero attached hydrogens (tertiary/aromatic N) is 1. The Hall–Kier alpha value is -0.520. The summed E-state index contributed by atoms with van der Waals surface area (Å²) in [5.41, 5.74) is 5.91. The van der Waals surface area contributed by atoms with Crippen LogP contribution in [0.25, 0.3) is 0 Å². The van der Waals surface area contributed by atoms with Crippen LogP contribution in [0.1, 0.15) is 20.3 Å². The predicted molar refractivity (Wildman–Crippen MR) is 51.6 cm³/mol. The zero-order chi connectivity index (χ0) is 9.14. The van der Waals surface area contributed by atoms with Crippen molar-refractivity contribution in [3.8, 4) is 12.3 Å². The number of hydrogen-bond donors (Lipinski definition) is 1. The van der Waals surface area contributed by atoms with Crippen molar-refractivity contribution in [3.05, 3.63) is 0 Å². The van der Waals surface area contributed by atoms with Gasteiger partial charge in [-0.05, 0) is 12.3 Å². The second-order valence-electron chi connectivity index (χ2n) is 3.69. The minimum Gasteiger partial charge on any atom is -0.326 e. The maximum Gasteiger partial charge on any atom is 0.0709 e. The Balaban J connectivity index is 2.51. The molecule has 12 heavy (non-hydrogen) atoms. The molecule has 2 heteroatoms. The van der Waals surface area contributed by atoms with Crippen LogP contribution in [0.5, 0.6) is 0 Å². The third kappa shape index (κ3) is 1.80. The SMILES string of the molecule is C#CC(CC)N1CC(C)C(N)C1. The van der Waals surface area contributed by atoms with Crippen molar-refractivity contribution in [1.29, 1.82) is 0 Å². The molecule has 0 radical (unpaired) electrons. The molecule has 0 aromatic carbocycles. The Kier molecular flexibility index (Phi) is 3.13.